The number of aromatic nitrogens is 1. The monoisotopic (exact) mass is 295 g/mol. The number of anilines is 1. The number of carbonyl (C=O) groups is 1. The van der Waals surface area contributed by atoms with Crippen LogP contribution in [0.5, 0.6) is 0 Å². The van der Waals surface area contributed by atoms with Crippen LogP contribution in [-0.2, 0) is 0 Å². The molecule has 5 heteroatoms. The molecule has 4 nitrogen and oxygen atoms in total. The summed E-state index contributed by atoms with van der Waals surface area (Å²) in [6.45, 7) is 0. The van der Waals surface area contributed by atoms with Gasteiger partial charge in [0.05, 0.1) is 5.02 Å². The van der Waals surface area contributed by atoms with Crippen molar-refractivity contribution >= 4 is 23.3 Å². The number of amides is 1. The van der Waals surface area contributed by atoms with Crippen molar-refractivity contribution in [2.45, 2.75) is 51.0 Å². The number of hydrogen-bond acceptors (Lipinski definition) is 3. The minimum atomic E-state index is -0.169. The number of nitrogens with one attached hydrogen (secondary N) is 2. The second kappa shape index (κ2) is 7.48. The molecule has 1 heterocycles. The van der Waals surface area contributed by atoms with E-state index >= 15 is 0 Å². The summed E-state index contributed by atoms with van der Waals surface area (Å²) in [7, 11) is 1.77. The molecule has 0 radical (unpaired) electrons. The van der Waals surface area contributed by atoms with E-state index in [-0.39, 0.29) is 11.9 Å². The number of rotatable bonds is 3. The van der Waals surface area contributed by atoms with Crippen LogP contribution >= 0.6 is 11.6 Å². The van der Waals surface area contributed by atoms with Crippen molar-refractivity contribution in [3.8, 4) is 0 Å². The van der Waals surface area contributed by atoms with Gasteiger partial charge in [-0.1, -0.05) is 43.7 Å². The predicted octanol–water partition coefficient (Wildman–Crippen LogP) is 3.62. The van der Waals surface area contributed by atoms with Crippen molar-refractivity contribution in [3.63, 3.8) is 0 Å². The molecule has 1 aromatic rings. The Kier molecular flexibility index (Phi) is 5.65. The number of hydrogen-bond donors (Lipinski definition) is 2. The van der Waals surface area contributed by atoms with E-state index in [0.717, 1.165) is 12.8 Å². The van der Waals surface area contributed by atoms with Crippen LogP contribution in [0.15, 0.2) is 12.1 Å². The van der Waals surface area contributed by atoms with Crippen LogP contribution in [0.4, 0.5) is 5.82 Å². The summed E-state index contributed by atoms with van der Waals surface area (Å²) in [6.07, 6.45) is 8.31. The van der Waals surface area contributed by atoms with Gasteiger partial charge >= 0.3 is 0 Å². The highest BCUT2D eigenvalue weighted by Crippen LogP contribution is 2.19. The van der Waals surface area contributed by atoms with Gasteiger partial charge in [-0.3, -0.25) is 4.79 Å². The Hall–Kier alpha value is -1.29. The Morgan fingerprint density at radius 3 is 2.50 bits per heavy atom. The molecule has 0 aromatic carbocycles. The molecular formula is C15H22ClN3O. The van der Waals surface area contributed by atoms with E-state index in [1.54, 1.807) is 19.2 Å². The van der Waals surface area contributed by atoms with Crippen molar-refractivity contribution in [1.82, 2.24) is 10.3 Å². The van der Waals surface area contributed by atoms with Crippen LogP contribution in [0.25, 0.3) is 0 Å². The third-order valence-electron chi connectivity index (χ3n) is 3.76. The van der Waals surface area contributed by atoms with Gasteiger partial charge in [0.2, 0.25) is 0 Å². The van der Waals surface area contributed by atoms with E-state index in [0.29, 0.717) is 16.5 Å². The van der Waals surface area contributed by atoms with Gasteiger partial charge in [-0.2, -0.15) is 0 Å². The van der Waals surface area contributed by atoms with Crippen molar-refractivity contribution in [2.24, 2.45) is 0 Å². The van der Waals surface area contributed by atoms with E-state index < -0.39 is 0 Å². The Bertz CT molecular complexity index is 456. The fourth-order valence-corrected chi connectivity index (χ4v) is 2.79. The summed E-state index contributed by atoms with van der Waals surface area (Å²) < 4.78 is 0. The SMILES string of the molecule is CNc1ccc(Cl)c(C(=O)NC2CCCCCCC2)n1. The van der Waals surface area contributed by atoms with Crippen LogP contribution in [-0.4, -0.2) is 24.0 Å². The molecule has 0 atom stereocenters. The lowest BCUT2D eigenvalue weighted by atomic mass is 9.96. The lowest BCUT2D eigenvalue weighted by molar-refractivity contribution is 0.0925. The van der Waals surface area contributed by atoms with Crippen LogP contribution in [0.3, 0.4) is 0 Å². The molecule has 1 amide bonds. The van der Waals surface area contributed by atoms with Gasteiger partial charge in [-0.25, -0.2) is 4.98 Å². The number of nitrogens with zero attached hydrogens (tertiary/aromatic N) is 1. The van der Waals surface area contributed by atoms with Crippen molar-refractivity contribution in [1.29, 1.82) is 0 Å². The van der Waals surface area contributed by atoms with Crippen molar-refractivity contribution in [3.05, 3.63) is 22.8 Å². The zero-order valence-corrected chi connectivity index (χ0v) is 12.7. The average molecular weight is 296 g/mol. The molecule has 0 saturated heterocycles. The molecule has 0 spiro atoms. The van der Waals surface area contributed by atoms with Gasteiger partial charge in [0.25, 0.3) is 5.91 Å². The van der Waals surface area contributed by atoms with Crippen molar-refractivity contribution in [2.75, 3.05) is 12.4 Å². The molecule has 1 aliphatic rings. The highest BCUT2D eigenvalue weighted by Gasteiger charge is 2.18. The quantitative estimate of drug-likeness (QED) is 0.895. The summed E-state index contributed by atoms with van der Waals surface area (Å²) in [5.41, 5.74) is 0.306. The first-order chi connectivity index (χ1) is 9.70. The fourth-order valence-electron chi connectivity index (χ4n) is 2.59. The van der Waals surface area contributed by atoms with Crippen LogP contribution in [0.2, 0.25) is 5.02 Å². The fraction of sp³-hybridized carbons (Fsp3) is 0.600. The Labute approximate surface area is 125 Å². The zero-order valence-electron chi connectivity index (χ0n) is 11.9. The topological polar surface area (TPSA) is 54.0 Å². The Morgan fingerprint density at radius 2 is 1.85 bits per heavy atom. The van der Waals surface area contributed by atoms with Crippen molar-refractivity contribution < 1.29 is 4.79 Å². The largest absolute Gasteiger partial charge is 0.373 e. The highest BCUT2D eigenvalue weighted by molar-refractivity contribution is 6.33. The van der Waals surface area contributed by atoms with Gasteiger partial charge in [-0.15, -0.1) is 0 Å². The van der Waals surface area contributed by atoms with Crippen LogP contribution < -0.4 is 10.6 Å². The molecule has 2 N–H and O–H groups in total. The maximum Gasteiger partial charge on any atom is 0.271 e. The smallest absolute Gasteiger partial charge is 0.271 e. The molecular weight excluding hydrogens is 274 g/mol. The summed E-state index contributed by atoms with van der Waals surface area (Å²) >= 11 is 6.07. The van der Waals surface area contributed by atoms with Gasteiger partial charge in [-0.05, 0) is 25.0 Å². The molecule has 0 bridgehead atoms. The minimum Gasteiger partial charge on any atom is -0.373 e. The van der Waals surface area contributed by atoms with Gasteiger partial charge in [0, 0.05) is 13.1 Å². The molecule has 1 saturated carbocycles. The molecule has 2 rings (SSSR count). The third-order valence-corrected chi connectivity index (χ3v) is 4.06. The van der Waals surface area contributed by atoms with E-state index in [1.807, 2.05) is 0 Å². The maximum atomic E-state index is 12.3. The summed E-state index contributed by atoms with van der Waals surface area (Å²) in [6, 6.07) is 3.71. The Morgan fingerprint density at radius 1 is 1.20 bits per heavy atom. The van der Waals surface area contributed by atoms with Gasteiger partial charge in [0.15, 0.2) is 0 Å². The van der Waals surface area contributed by atoms with Gasteiger partial charge < -0.3 is 10.6 Å². The molecule has 1 aromatic heterocycles. The minimum absolute atomic E-state index is 0.169. The first-order valence-corrected chi connectivity index (χ1v) is 7.73. The summed E-state index contributed by atoms with van der Waals surface area (Å²) in [4.78, 5) is 16.6. The number of pyridine rings is 1. The second-order valence-electron chi connectivity index (χ2n) is 5.29. The van der Waals surface area contributed by atoms with E-state index in [9.17, 15) is 4.79 Å². The molecule has 1 aliphatic carbocycles. The summed E-state index contributed by atoms with van der Waals surface area (Å²) in [5.74, 6) is 0.481. The molecule has 110 valence electrons. The van der Waals surface area contributed by atoms with Crippen LogP contribution in [0, 0.1) is 0 Å². The normalized spacial score (nSPS) is 17.1. The maximum absolute atomic E-state index is 12.3. The third kappa shape index (κ3) is 4.10. The number of halogens is 1. The first kappa shape index (κ1) is 15.1. The lowest BCUT2D eigenvalue weighted by Crippen LogP contribution is -2.36. The van der Waals surface area contributed by atoms with Crippen LogP contribution in [0.1, 0.15) is 55.4 Å². The predicted molar refractivity (Wildman–Crippen MR) is 82.4 cm³/mol. The second-order valence-corrected chi connectivity index (χ2v) is 5.70. The molecule has 1 fully saturated rings. The standard InChI is InChI=1S/C15H22ClN3O/c1-17-13-10-9-12(16)14(19-13)15(20)18-11-7-5-3-2-4-6-8-11/h9-11H,2-8H2,1H3,(H,17,19)(H,18,20). The molecule has 0 aliphatic heterocycles. The first-order valence-electron chi connectivity index (χ1n) is 7.36. The zero-order chi connectivity index (χ0) is 14.4. The van der Waals surface area contributed by atoms with Gasteiger partial charge in [0.1, 0.15) is 11.5 Å². The average Bonchev–Trinajstić information content (AvgIpc) is 2.42. The molecule has 20 heavy (non-hydrogen) atoms. The highest BCUT2D eigenvalue weighted by atomic mass is 35.5. The number of carbonyl (C=O) groups excluding carboxylic acids is 1. The van der Waals surface area contributed by atoms with E-state index in [4.69, 9.17) is 11.6 Å². The lowest BCUT2D eigenvalue weighted by Gasteiger charge is -2.21. The summed E-state index contributed by atoms with van der Waals surface area (Å²) in [5, 5.41) is 6.40. The molecule has 0 unspecified atom stereocenters. The Balaban J connectivity index is 2.03. The van der Waals surface area contributed by atoms with E-state index in [1.165, 1.54) is 32.1 Å². The van der Waals surface area contributed by atoms with E-state index in [2.05, 4.69) is 15.6 Å².